The highest BCUT2D eigenvalue weighted by atomic mass is 32.1. The highest BCUT2D eigenvalue weighted by Crippen LogP contribution is 2.27. The van der Waals surface area contributed by atoms with Gasteiger partial charge in [-0.05, 0) is 36.1 Å². The Labute approximate surface area is 110 Å². The molecule has 0 aliphatic carbocycles. The molecule has 0 aliphatic heterocycles. The summed E-state index contributed by atoms with van der Waals surface area (Å²) in [4.78, 5) is 1.38. The van der Waals surface area contributed by atoms with Crippen LogP contribution in [0.4, 0.5) is 5.69 Å². The van der Waals surface area contributed by atoms with E-state index in [4.69, 9.17) is 0 Å². The van der Waals surface area contributed by atoms with E-state index >= 15 is 0 Å². The summed E-state index contributed by atoms with van der Waals surface area (Å²) in [5.74, 6) is 0. The second-order valence-corrected chi connectivity index (χ2v) is 5.27. The maximum atomic E-state index is 4.04. The van der Waals surface area contributed by atoms with Gasteiger partial charge in [-0.25, -0.2) is 0 Å². The first-order chi connectivity index (χ1) is 8.86. The van der Waals surface area contributed by atoms with Gasteiger partial charge in [0.25, 0.3) is 0 Å². The molecule has 18 heavy (non-hydrogen) atoms. The number of aromatic amines is 1. The number of nitrogens with one attached hydrogen (secondary N) is 2. The number of thiophene rings is 1. The molecular formula is C14H15N3S. The van der Waals surface area contributed by atoms with Gasteiger partial charge in [0.2, 0.25) is 0 Å². The number of benzene rings is 1. The summed E-state index contributed by atoms with van der Waals surface area (Å²) in [6, 6.07) is 11.0. The Balaban J connectivity index is 1.86. The molecule has 1 unspecified atom stereocenters. The monoisotopic (exact) mass is 257 g/mol. The Morgan fingerprint density at radius 2 is 2.33 bits per heavy atom. The van der Waals surface area contributed by atoms with Crippen molar-refractivity contribution in [3.63, 3.8) is 0 Å². The molecule has 0 fully saturated rings. The molecule has 0 radical (unpaired) electrons. The molecule has 0 amide bonds. The lowest BCUT2D eigenvalue weighted by atomic mass is 10.1. The lowest BCUT2D eigenvalue weighted by Crippen LogP contribution is -2.07. The van der Waals surface area contributed by atoms with Crippen molar-refractivity contribution in [2.75, 3.05) is 5.32 Å². The van der Waals surface area contributed by atoms with E-state index in [-0.39, 0.29) is 0 Å². The van der Waals surface area contributed by atoms with Crippen LogP contribution in [0.15, 0.2) is 41.9 Å². The highest BCUT2D eigenvalue weighted by molar-refractivity contribution is 7.10. The second kappa shape index (κ2) is 4.82. The summed E-state index contributed by atoms with van der Waals surface area (Å²) >= 11 is 1.80. The molecule has 1 atom stereocenters. The Morgan fingerprint density at radius 1 is 1.39 bits per heavy atom. The minimum Gasteiger partial charge on any atom is -0.377 e. The van der Waals surface area contributed by atoms with Crippen molar-refractivity contribution in [2.45, 2.75) is 19.4 Å². The molecule has 1 aromatic carbocycles. The molecule has 4 heteroatoms. The first kappa shape index (κ1) is 11.3. The third-order valence-electron chi connectivity index (χ3n) is 3.08. The maximum absolute atomic E-state index is 4.04. The zero-order valence-corrected chi connectivity index (χ0v) is 11.0. The minimum absolute atomic E-state index is 0.384. The number of aromatic nitrogens is 2. The summed E-state index contributed by atoms with van der Waals surface area (Å²) in [6.45, 7) is 2.20. The molecule has 0 saturated carbocycles. The SMILES string of the molecule is CCC(Nc1ccc2[nH]ncc2c1)c1cccs1. The van der Waals surface area contributed by atoms with Crippen LogP contribution in [0.2, 0.25) is 0 Å². The molecule has 2 heterocycles. The molecule has 3 nitrogen and oxygen atoms in total. The van der Waals surface area contributed by atoms with Crippen molar-refractivity contribution in [2.24, 2.45) is 0 Å². The molecule has 2 N–H and O–H groups in total. The van der Waals surface area contributed by atoms with Gasteiger partial charge < -0.3 is 5.32 Å². The van der Waals surface area contributed by atoms with Crippen LogP contribution in [0.5, 0.6) is 0 Å². The predicted octanol–water partition coefficient (Wildman–Crippen LogP) is 4.19. The van der Waals surface area contributed by atoms with Crippen molar-refractivity contribution >= 4 is 27.9 Å². The van der Waals surface area contributed by atoms with Crippen molar-refractivity contribution in [3.05, 3.63) is 46.8 Å². The predicted molar refractivity (Wildman–Crippen MR) is 77.1 cm³/mol. The van der Waals surface area contributed by atoms with Gasteiger partial charge in [-0.3, -0.25) is 5.10 Å². The van der Waals surface area contributed by atoms with E-state index in [1.807, 2.05) is 6.20 Å². The molecular weight excluding hydrogens is 242 g/mol. The van der Waals surface area contributed by atoms with E-state index in [1.165, 1.54) is 4.88 Å². The lowest BCUT2D eigenvalue weighted by molar-refractivity contribution is 0.764. The second-order valence-electron chi connectivity index (χ2n) is 4.29. The summed E-state index contributed by atoms with van der Waals surface area (Å²) in [5, 5.41) is 13.9. The molecule has 3 aromatic rings. The smallest absolute Gasteiger partial charge is 0.0651 e. The first-order valence-corrected chi connectivity index (χ1v) is 6.98. The Morgan fingerprint density at radius 3 is 3.11 bits per heavy atom. The van der Waals surface area contributed by atoms with Crippen LogP contribution in [-0.4, -0.2) is 10.2 Å². The standard InChI is InChI=1S/C14H15N3S/c1-2-12(14-4-3-7-18-14)16-11-5-6-13-10(8-11)9-15-17-13/h3-9,12,16H,2H2,1H3,(H,15,17). The Bertz CT molecular complexity index is 627. The molecule has 3 rings (SSSR count). The fourth-order valence-corrected chi connectivity index (χ4v) is 2.96. The van der Waals surface area contributed by atoms with Crippen LogP contribution in [0, 0.1) is 0 Å². The summed E-state index contributed by atoms with van der Waals surface area (Å²) in [5.41, 5.74) is 2.22. The van der Waals surface area contributed by atoms with E-state index in [1.54, 1.807) is 11.3 Å². The Hall–Kier alpha value is -1.81. The van der Waals surface area contributed by atoms with Crippen molar-refractivity contribution in [1.82, 2.24) is 10.2 Å². The van der Waals surface area contributed by atoms with Crippen LogP contribution in [0.3, 0.4) is 0 Å². The number of H-pyrrole nitrogens is 1. The molecule has 0 aliphatic rings. The van der Waals surface area contributed by atoms with Crippen LogP contribution >= 0.6 is 11.3 Å². The van der Waals surface area contributed by atoms with Gasteiger partial charge in [0.05, 0.1) is 17.8 Å². The molecule has 0 spiro atoms. The third-order valence-corrected chi connectivity index (χ3v) is 4.06. The lowest BCUT2D eigenvalue weighted by Gasteiger charge is -2.16. The number of nitrogens with zero attached hydrogens (tertiary/aromatic N) is 1. The number of rotatable bonds is 4. The van der Waals surface area contributed by atoms with E-state index in [2.05, 4.69) is 58.1 Å². The number of anilines is 1. The van der Waals surface area contributed by atoms with Crippen molar-refractivity contribution in [1.29, 1.82) is 0 Å². The number of hydrogen-bond acceptors (Lipinski definition) is 3. The van der Waals surface area contributed by atoms with Gasteiger partial charge in [-0.2, -0.15) is 5.10 Å². The highest BCUT2D eigenvalue weighted by Gasteiger charge is 2.10. The largest absolute Gasteiger partial charge is 0.377 e. The van der Waals surface area contributed by atoms with Gasteiger partial charge >= 0.3 is 0 Å². The summed E-state index contributed by atoms with van der Waals surface area (Å²) < 4.78 is 0. The summed E-state index contributed by atoms with van der Waals surface area (Å²) in [6.07, 6.45) is 2.93. The quantitative estimate of drug-likeness (QED) is 0.736. The normalized spacial score (nSPS) is 12.7. The van der Waals surface area contributed by atoms with Crippen LogP contribution in [-0.2, 0) is 0 Å². The van der Waals surface area contributed by atoms with E-state index in [9.17, 15) is 0 Å². The van der Waals surface area contributed by atoms with Gasteiger partial charge in [0.15, 0.2) is 0 Å². The van der Waals surface area contributed by atoms with Crippen LogP contribution in [0.1, 0.15) is 24.3 Å². The van der Waals surface area contributed by atoms with Crippen LogP contribution < -0.4 is 5.32 Å². The fourth-order valence-electron chi connectivity index (χ4n) is 2.10. The molecule has 2 aromatic heterocycles. The topological polar surface area (TPSA) is 40.7 Å². The number of fused-ring (bicyclic) bond motifs is 1. The van der Waals surface area contributed by atoms with Crippen molar-refractivity contribution < 1.29 is 0 Å². The molecule has 0 saturated heterocycles. The van der Waals surface area contributed by atoms with Gasteiger partial charge in [0, 0.05) is 16.0 Å². The Kier molecular flexibility index (Phi) is 3.02. The molecule has 0 bridgehead atoms. The first-order valence-electron chi connectivity index (χ1n) is 6.10. The summed E-state index contributed by atoms with van der Waals surface area (Å²) in [7, 11) is 0. The van der Waals surface area contributed by atoms with Gasteiger partial charge in [0.1, 0.15) is 0 Å². The van der Waals surface area contributed by atoms with Crippen LogP contribution in [0.25, 0.3) is 10.9 Å². The minimum atomic E-state index is 0.384. The van der Waals surface area contributed by atoms with Gasteiger partial charge in [-0.15, -0.1) is 11.3 Å². The maximum Gasteiger partial charge on any atom is 0.0651 e. The zero-order chi connectivity index (χ0) is 12.4. The average molecular weight is 257 g/mol. The average Bonchev–Trinajstić information content (AvgIpc) is 3.06. The van der Waals surface area contributed by atoms with E-state index < -0.39 is 0 Å². The van der Waals surface area contributed by atoms with E-state index in [0.717, 1.165) is 23.0 Å². The third kappa shape index (κ3) is 2.11. The fraction of sp³-hybridized carbons (Fsp3) is 0.214. The van der Waals surface area contributed by atoms with Crippen molar-refractivity contribution in [3.8, 4) is 0 Å². The number of hydrogen-bond donors (Lipinski definition) is 2. The zero-order valence-electron chi connectivity index (χ0n) is 10.2. The molecule has 92 valence electrons. The van der Waals surface area contributed by atoms with E-state index in [0.29, 0.717) is 6.04 Å². The van der Waals surface area contributed by atoms with Gasteiger partial charge in [-0.1, -0.05) is 13.0 Å².